The molecule has 0 aromatic carbocycles. The molecular formula is C11H24N2O2S. The van der Waals surface area contributed by atoms with Gasteiger partial charge in [-0.1, -0.05) is 20.3 Å². The predicted octanol–water partition coefficient (Wildman–Crippen LogP) is 1.05. The van der Waals surface area contributed by atoms with Gasteiger partial charge in [0.2, 0.25) is 10.0 Å². The van der Waals surface area contributed by atoms with Crippen LogP contribution >= 0.6 is 0 Å². The molecule has 1 aliphatic carbocycles. The van der Waals surface area contributed by atoms with Gasteiger partial charge in [0, 0.05) is 19.6 Å². The van der Waals surface area contributed by atoms with E-state index in [1.54, 1.807) is 4.31 Å². The summed E-state index contributed by atoms with van der Waals surface area (Å²) in [7, 11) is -3.05. The van der Waals surface area contributed by atoms with Crippen LogP contribution in [0, 0.1) is 5.92 Å². The standard InChI is InChI=1S/C11H24N2O2S/c1-3-12-8-9-16(14,15)13(4-2)10-11-6-5-7-11/h11-12H,3-10H2,1-2H3. The summed E-state index contributed by atoms with van der Waals surface area (Å²) in [4.78, 5) is 0. The molecule has 16 heavy (non-hydrogen) atoms. The monoisotopic (exact) mass is 248 g/mol. The van der Waals surface area contributed by atoms with E-state index in [1.807, 2.05) is 13.8 Å². The average molecular weight is 248 g/mol. The van der Waals surface area contributed by atoms with Gasteiger partial charge in [-0.2, -0.15) is 0 Å². The van der Waals surface area contributed by atoms with Crippen LogP contribution in [0.3, 0.4) is 0 Å². The number of nitrogens with one attached hydrogen (secondary N) is 1. The average Bonchev–Trinajstić information content (AvgIpc) is 2.16. The highest BCUT2D eigenvalue weighted by atomic mass is 32.2. The number of sulfonamides is 1. The second kappa shape index (κ2) is 6.57. The van der Waals surface area contributed by atoms with Gasteiger partial charge in [0.1, 0.15) is 0 Å². The molecule has 1 saturated carbocycles. The van der Waals surface area contributed by atoms with E-state index in [2.05, 4.69) is 5.32 Å². The van der Waals surface area contributed by atoms with E-state index in [9.17, 15) is 8.42 Å². The van der Waals surface area contributed by atoms with E-state index in [0.717, 1.165) is 13.1 Å². The molecule has 1 aliphatic rings. The maximum atomic E-state index is 12.0. The minimum Gasteiger partial charge on any atom is -0.316 e. The van der Waals surface area contributed by atoms with Gasteiger partial charge >= 0.3 is 0 Å². The first-order valence-electron chi connectivity index (χ1n) is 6.28. The minimum absolute atomic E-state index is 0.224. The summed E-state index contributed by atoms with van der Waals surface area (Å²) in [6, 6.07) is 0. The zero-order valence-corrected chi connectivity index (χ0v) is 11.2. The Hall–Kier alpha value is -0.130. The van der Waals surface area contributed by atoms with Gasteiger partial charge in [0.05, 0.1) is 5.75 Å². The summed E-state index contributed by atoms with van der Waals surface area (Å²) in [5.74, 6) is 0.829. The molecule has 0 unspecified atom stereocenters. The van der Waals surface area contributed by atoms with Gasteiger partial charge in [-0.05, 0) is 25.3 Å². The van der Waals surface area contributed by atoms with Gasteiger partial charge in [0.15, 0.2) is 0 Å². The number of hydrogen-bond donors (Lipinski definition) is 1. The van der Waals surface area contributed by atoms with Crippen LogP contribution in [0.1, 0.15) is 33.1 Å². The number of hydrogen-bond acceptors (Lipinski definition) is 3. The molecule has 0 aromatic heterocycles. The SMILES string of the molecule is CCNCCS(=O)(=O)N(CC)CC1CCC1. The molecule has 0 heterocycles. The first-order chi connectivity index (χ1) is 7.60. The summed E-state index contributed by atoms with van der Waals surface area (Å²) in [6.07, 6.45) is 3.65. The Bertz CT molecular complexity index is 286. The highest BCUT2D eigenvalue weighted by Gasteiger charge is 2.26. The van der Waals surface area contributed by atoms with E-state index < -0.39 is 10.0 Å². The summed E-state index contributed by atoms with van der Waals surface area (Å²) in [5.41, 5.74) is 0. The number of nitrogens with zero attached hydrogens (tertiary/aromatic N) is 1. The van der Waals surface area contributed by atoms with Crippen LogP contribution in [0.4, 0.5) is 0 Å². The van der Waals surface area contributed by atoms with Crippen LogP contribution in [0.2, 0.25) is 0 Å². The lowest BCUT2D eigenvalue weighted by atomic mass is 9.85. The van der Waals surface area contributed by atoms with Crippen LogP contribution < -0.4 is 5.32 Å². The molecule has 1 fully saturated rings. The van der Waals surface area contributed by atoms with E-state index >= 15 is 0 Å². The molecule has 0 atom stereocenters. The van der Waals surface area contributed by atoms with Crippen molar-refractivity contribution in [1.29, 1.82) is 0 Å². The highest BCUT2D eigenvalue weighted by molar-refractivity contribution is 7.89. The van der Waals surface area contributed by atoms with Crippen LogP contribution in [-0.4, -0.2) is 44.7 Å². The second-order valence-corrected chi connectivity index (χ2v) is 6.51. The quantitative estimate of drug-likeness (QED) is 0.653. The van der Waals surface area contributed by atoms with E-state index in [0.29, 0.717) is 19.0 Å². The smallest absolute Gasteiger partial charge is 0.215 e. The Morgan fingerprint density at radius 1 is 1.31 bits per heavy atom. The fourth-order valence-corrected chi connectivity index (χ4v) is 3.40. The molecule has 4 nitrogen and oxygen atoms in total. The lowest BCUT2D eigenvalue weighted by Crippen LogP contribution is -2.40. The summed E-state index contributed by atoms with van der Waals surface area (Å²) in [5, 5.41) is 3.06. The molecule has 1 N–H and O–H groups in total. The number of rotatable bonds is 8. The van der Waals surface area contributed by atoms with E-state index in [4.69, 9.17) is 0 Å². The molecule has 0 spiro atoms. The Morgan fingerprint density at radius 2 is 2.00 bits per heavy atom. The second-order valence-electron chi connectivity index (χ2n) is 4.42. The molecular weight excluding hydrogens is 224 g/mol. The van der Waals surface area contributed by atoms with Gasteiger partial charge in [-0.3, -0.25) is 0 Å². The Labute approximate surface area is 99.5 Å². The molecule has 1 rings (SSSR count). The van der Waals surface area contributed by atoms with Gasteiger partial charge in [-0.25, -0.2) is 12.7 Å². The molecule has 0 aromatic rings. The predicted molar refractivity (Wildman–Crippen MR) is 66.9 cm³/mol. The van der Waals surface area contributed by atoms with Crippen molar-refractivity contribution in [3.05, 3.63) is 0 Å². The van der Waals surface area contributed by atoms with Crippen molar-refractivity contribution in [3.8, 4) is 0 Å². The van der Waals surface area contributed by atoms with Gasteiger partial charge < -0.3 is 5.32 Å². The van der Waals surface area contributed by atoms with E-state index in [-0.39, 0.29) is 5.75 Å². The summed E-state index contributed by atoms with van der Waals surface area (Å²) in [6.45, 7) is 6.61. The van der Waals surface area contributed by atoms with Crippen LogP contribution in [0.5, 0.6) is 0 Å². The summed E-state index contributed by atoms with van der Waals surface area (Å²) >= 11 is 0. The maximum absolute atomic E-state index is 12.0. The lowest BCUT2D eigenvalue weighted by molar-refractivity contribution is 0.250. The normalized spacial score (nSPS) is 17.7. The highest BCUT2D eigenvalue weighted by Crippen LogP contribution is 2.27. The first kappa shape index (κ1) is 13.9. The molecule has 0 aliphatic heterocycles. The fraction of sp³-hybridized carbons (Fsp3) is 1.00. The van der Waals surface area contributed by atoms with Crippen molar-refractivity contribution in [1.82, 2.24) is 9.62 Å². The van der Waals surface area contributed by atoms with Crippen molar-refractivity contribution in [2.75, 3.05) is 31.9 Å². The van der Waals surface area contributed by atoms with E-state index in [1.165, 1.54) is 19.3 Å². The minimum atomic E-state index is -3.05. The van der Waals surface area contributed by atoms with Crippen LogP contribution in [0.25, 0.3) is 0 Å². The summed E-state index contributed by atoms with van der Waals surface area (Å²) < 4.78 is 25.6. The fourth-order valence-electron chi connectivity index (χ4n) is 1.91. The third-order valence-corrected chi connectivity index (χ3v) is 5.13. The zero-order valence-electron chi connectivity index (χ0n) is 10.4. The van der Waals surface area contributed by atoms with Crippen molar-refractivity contribution in [3.63, 3.8) is 0 Å². The molecule has 0 saturated heterocycles. The first-order valence-corrected chi connectivity index (χ1v) is 7.89. The molecule has 0 radical (unpaired) electrons. The third-order valence-electron chi connectivity index (χ3n) is 3.22. The maximum Gasteiger partial charge on any atom is 0.215 e. The largest absolute Gasteiger partial charge is 0.316 e. The van der Waals surface area contributed by atoms with Crippen molar-refractivity contribution < 1.29 is 8.42 Å². The molecule has 96 valence electrons. The Balaban J connectivity index is 2.41. The van der Waals surface area contributed by atoms with Gasteiger partial charge in [-0.15, -0.1) is 0 Å². The third kappa shape index (κ3) is 4.03. The lowest BCUT2D eigenvalue weighted by Gasteiger charge is -2.31. The molecule has 0 bridgehead atoms. The van der Waals surface area contributed by atoms with Crippen molar-refractivity contribution in [2.45, 2.75) is 33.1 Å². The topological polar surface area (TPSA) is 49.4 Å². The zero-order chi connectivity index (χ0) is 12.0. The van der Waals surface area contributed by atoms with Crippen LogP contribution in [-0.2, 0) is 10.0 Å². The van der Waals surface area contributed by atoms with Crippen molar-refractivity contribution >= 4 is 10.0 Å². The molecule has 5 heteroatoms. The van der Waals surface area contributed by atoms with Crippen LogP contribution in [0.15, 0.2) is 0 Å². The Morgan fingerprint density at radius 3 is 2.44 bits per heavy atom. The van der Waals surface area contributed by atoms with Gasteiger partial charge in [0.25, 0.3) is 0 Å². The molecule has 0 amide bonds. The Kier molecular flexibility index (Phi) is 5.72. The van der Waals surface area contributed by atoms with Crippen molar-refractivity contribution in [2.24, 2.45) is 5.92 Å².